The summed E-state index contributed by atoms with van der Waals surface area (Å²) in [5.74, 6) is -3.97. The van der Waals surface area contributed by atoms with Gasteiger partial charge in [-0.05, 0) is 11.6 Å². The smallest absolute Gasteiger partial charge is 0.266 e. The number of carboxylic acid groups (broad SMARTS) is 2. The standard InChI is InChI=1S/C16H13NO5S2/c18-13(19)9-11(15(21)22)17-14(20)12(24-16(17)23)8-4-7-10-5-2-1-3-6-10/h1-8,11H,9H2,(H,18,19)(H,21,22)/p-2/b7-4+,12-8-/t11-/m0/s1. The lowest BCUT2D eigenvalue weighted by molar-refractivity contribution is -0.319. The van der Waals surface area contributed by atoms with E-state index in [0.717, 1.165) is 22.2 Å². The first-order chi connectivity index (χ1) is 11.4. The number of aliphatic carboxylic acids is 2. The van der Waals surface area contributed by atoms with Crippen molar-refractivity contribution in [3.8, 4) is 0 Å². The summed E-state index contributed by atoms with van der Waals surface area (Å²) in [5.41, 5.74) is 0.925. The van der Waals surface area contributed by atoms with Crippen LogP contribution in [-0.4, -0.2) is 33.1 Å². The van der Waals surface area contributed by atoms with E-state index in [-0.39, 0.29) is 9.23 Å². The van der Waals surface area contributed by atoms with Gasteiger partial charge in [0.15, 0.2) is 0 Å². The van der Waals surface area contributed by atoms with Gasteiger partial charge in [0.1, 0.15) is 4.32 Å². The fraction of sp³-hybridized carbons (Fsp3) is 0.125. The molecular weight excluding hydrogens is 350 g/mol. The predicted octanol–water partition coefficient (Wildman–Crippen LogP) is -0.297. The highest BCUT2D eigenvalue weighted by Crippen LogP contribution is 2.33. The second-order valence-electron chi connectivity index (χ2n) is 4.75. The molecule has 1 heterocycles. The number of allylic oxidation sites excluding steroid dienone is 2. The number of hydrogen-bond donors (Lipinski definition) is 0. The van der Waals surface area contributed by atoms with Crippen LogP contribution >= 0.6 is 24.0 Å². The molecule has 2 rings (SSSR count). The predicted molar refractivity (Wildman–Crippen MR) is 89.0 cm³/mol. The Morgan fingerprint density at radius 3 is 2.50 bits per heavy atom. The monoisotopic (exact) mass is 361 g/mol. The van der Waals surface area contributed by atoms with Gasteiger partial charge in [0.05, 0.1) is 16.9 Å². The SMILES string of the molecule is O=C([O-])C[C@@H](C(=O)[O-])N1C(=O)/C(=C/C=C/c2ccccc2)SC1=S. The summed E-state index contributed by atoms with van der Waals surface area (Å²) in [5, 5.41) is 21.8. The summed E-state index contributed by atoms with van der Waals surface area (Å²) in [6.07, 6.45) is 4.01. The topological polar surface area (TPSA) is 101 Å². The lowest BCUT2D eigenvalue weighted by Gasteiger charge is -2.27. The molecule has 1 aliphatic rings. The molecule has 6 nitrogen and oxygen atoms in total. The summed E-state index contributed by atoms with van der Waals surface area (Å²) in [4.78, 5) is 35.0. The van der Waals surface area contributed by atoms with Crippen LogP contribution in [0, 0.1) is 0 Å². The zero-order valence-electron chi connectivity index (χ0n) is 12.2. The van der Waals surface area contributed by atoms with Crippen molar-refractivity contribution in [2.24, 2.45) is 0 Å². The number of rotatable bonds is 6. The second kappa shape index (κ2) is 7.89. The summed E-state index contributed by atoms with van der Waals surface area (Å²) in [6.45, 7) is 0. The minimum Gasteiger partial charge on any atom is -0.550 e. The van der Waals surface area contributed by atoms with Crippen molar-refractivity contribution < 1.29 is 24.6 Å². The Morgan fingerprint density at radius 1 is 1.25 bits per heavy atom. The van der Waals surface area contributed by atoms with E-state index in [9.17, 15) is 24.6 Å². The molecule has 0 unspecified atom stereocenters. The Bertz CT molecular complexity index is 742. The van der Waals surface area contributed by atoms with E-state index in [1.807, 2.05) is 30.3 Å². The third kappa shape index (κ3) is 4.30. The average Bonchev–Trinajstić information content (AvgIpc) is 2.80. The lowest BCUT2D eigenvalue weighted by atomic mass is 10.2. The van der Waals surface area contributed by atoms with E-state index in [1.54, 1.807) is 12.2 Å². The number of carbonyl (C=O) groups excluding carboxylic acids is 3. The summed E-state index contributed by atoms with van der Waals surface area (Å²) >= 11 is 5.89. The van der Waals surface area contributed by atoms with Crippen LogP contribution in [0.1, 0.15) is 12.0 Å². The maximum atomic E-state index is 12.3. The molecule has 0 N–H and O–H groups in total. The van der Waals surface area contributed by atoms with Crippen LogP contribution in [0.15, 0.2) is 47.4 Å². The first kappa shape index (κ1) is 17.9. The minimum atomic E-state index is -1.70. The minimum absolute atomic E-state index is 0.0326. The van der Waals surface area contributed by atoms with Crippen molar-refractivity contribution in [1.82, 2.24) is 4.90 Å². The van der Waals surface area contributed by atoms with Crippen LogP contribution in [0.2, 0.25) is 0 Å². The Labute approximate surface area is 147 Å². The van der Waals surface area contributed by atoms with Crippen LogP contribution in [0.25, 0.3) is 6.08 Å². The van der Waals surface area contributed by atoms with Crippen molar-refractivity contribution in [2.75, 3.05) is 0 Å². The lowest BCUT2D eigenvalue weighted by Crippen LogP contribution is -2.52. The van der Waals surface area contributed by atoms with Gasteiger partial charge in [0, 0.05) is 12.4 Å². The Morgan fingerprint density at radius 2 is 1.92 bits per heavy atom. The van der Waals surface area contributed by atoms with Crippen molar-refractivity contribution in [3.63, 3.8) is 0 Å². The zero-order valence-corrected chi connectivity index (χ0v) is 13.8. The number of benzene rings is 1. The van der Waals surface area contributed by atoms with Gasteiger partial charge in [0.25, 0.3) is 5.91 Å². The van der Waals surface area contributed by atoms with Gasteiger partial charge in [-0.15, -0.1) is 0 Å². The van der Waals surface area contributed by atoms with E-state index in [0.29, 0.717) is 0 Å². The van der Waals surface area contributed by atoms with Gasteiger partial charge in [-0.3, -0.25) is 9.69 Å². The molecule has 124 valence electrons. The van der Waals surface area contributed by atoms with Crippen molar-refractivity contribution in [3.05, 3.63) is 53.0 Å². The number of nitrogens with zero attached hydrogens (tertiary/aromatic N) is 1. The van der Waals surface area contributed by atoms with E-state index >= 15 is 0 Å². The van der Waals surface area contributed by atoms with Crippen LogP contribution in [-0.2, 0) is 14.4 Å². The Balaban J connectivity index is 2.18. The van der Waals surface area contributed by atoms with Gasteiger partial charge in [-0.2, -0.15) is 0 Å². The number of thiocarbonyl (C=S) groups is 1. The van der Waals surface area contributed by atoms with Gasteiger partial charge < -0.3 is 19.8 Å². The van der Waals surface area contributed by atoms with E-state index < -0.39 is 30.3 Å². The van der Waals surface area contributed by atoms with Crippen molar-refractivity contribution in [1.29, 1.82) is 0 Å². The highest BCUT2D eigenvalue weighted by Gasteiger charge is 2.37. The molecule has 0 aliphatic carbocycles. The van der Waals surface area contributed by atoms with Crippen LogP contribution in [0.3, 0.4) is 0 Å². The molecule has 1 aromatic carbocycles. The molecule has 1 aromatic rings. The average molecular weight is 361 g/mol. The van der Waals surface area contributed by atoms with Gasteiger partial charge in [-0.25, -0.2) is 0 Å². The number of hydrogen-bond acceptors (Lipinski definition) is 7. The van der Waals surface area contributed by atoms with Crippen LogP contribution in [0.5, 0.6) is 0 Å². The highest BCUT2D eigenvalue weighted by atomic mass is 32.2. The maximum Gasteiger partial charge on any atom is 0.266 e. The summed E-state index contributed by atoms with van der Waals surface area (Å²) in [6, 6.07) is 7.67. The first-order valence-electron chi connectivity index (χ1n) is 6.79. The molecule has 0 aromatic heterocycles. The number of amides is 1. The first-order valence-corrected chi connectivity index (χ1v) is 8.02. The molecule has 0 radical (unpaired) electrons. The molecule has 8 heteroatoms. The highest BCUT2D eigenvalue weighted by molar-refractivity contribution is 8.26. The number of thioether (sulfide) groups is 1. The quantitative estimate of drug-likeness (QED) is 0.507. The molecule has 1 aliphatic heterocycles. The normalized spacial score (nSPS) is 17.7. The number of carbonyl (C=O) groups is 3. The van der Waals surface area contributed by atoms with Crippen molar-refractivity contribution in [2.45, 2.75) is 12.5 Å². The second-order valence-corrected chi connectivity index (χ2v) is 6.43. The van der Waals surface area contributed by atoms with Crippen molar-refractivity contribution >= 4 is 52.2 Å². The number of carboxylic acids is 2. The Kier molecular flexibility index (Phi) is 5.88. The summed E-state index contributed by atoms with van der Waals surface area (Å²) < 4.78 is -0.0326. The molecule has 1 saturated heterocycles. The molecule has 1 amide bonds. The van der Waals surface area contributed by atoms with E-state index in [4.69, 9.17) is 12.2 Å². The maximum absolute atomic E-state index is 12.3. The molecule has 0 bridgehead atoms. The van der Waals surface area contributed by atoms with Crippen LogP contribution < -0.4 is 10.2 Å². The molecule has 24 heavy (non-hydrogen) atoms. The van der Waals surface area contributed by atoms with E-state index in [1.165, 1.54) is 6.08 Å². The fourth-order valence-electron chi connectivity index (χ4n) is 2.01. The molecule has 1 fully saturated rings. The van der Waals surface area contributed by atoms with Crippen LogP contribution in [0.4, 0.5) is 0 Å². The molecular formula is C16H11NO5S2-2. The van der Waals surface area contributed by atoms with Gasteiger partial charge >= 0.3 is 0 Å². The van der Waals surface area contributed by atoms with E-state index in [2.05, 4.69) is 0 Å². The third-order valence-corrected chi connectivity index (χ3v) is 4.45. The summed E-state index contributed by atoms with van der Waals surface area (Å²) in [7, 11) is 0. The zero-order chi connectivity index (χ0) is 17.7. The van der Waals surface area contributed by atoms with Gasteiger partial charge in [-0.1, -0.05) is 66.5 Å². The molecule has 1 atom stereocenters. The van der Waals surface area contributed by atoms with Gasteiger partial charge in [0.2, 0.25) is 0 Å². The molecule has 0 saturated carbocycles. The largest absolute Gasteiger partial charge is 0.550 e. The third-order valence-electron chi connectivity index (χ3n) is 3.10. The Hall–Kier alpha value is -2.45. The fourth-order valence-corrected chi connectivity index (χ4v) is 3.32. The molecule has 0 spiro atoms.